The number of rotatable bonds is 4. The zero-order valence-corrected chi connectivity index (χ0v) is 10.4. The summed E-state index contributed by atoms with van der Waals surface area (Å²) in [6.45, 7) is 2.23. The molecule has 0 bridgehead atoms. The van der Waals surface area contributed by atoms with Crippen molar-refractivity contribution < 1.29 is 0 Å². The summed E-state index contributed by atoms with van der Waals surface area (Å²) < 4.78 is 0. The van der Waals surface area contributed by atoms with Crippen molar-refractivity contribution in [3.05, 3.63) is 40.7 Å². The molecule has 1 aliphatic rings. The summed E-state index contributed by atoms with van der Waals surface area (Å²) in [5, 5.41) is 8.90. The second-order valence-electron chi connectivity index (χ2n) is 5.02. The topological polar surface area (TPSA) is 60.7 Å². The summed E-state index contributed by atoms with van der Waals surface area (Å²) in [5.41, 5.74) is 2.87. The van der Waals surface area contributed by atoms with E-state index in [9.17, 15) is 4.79 Å². The molecule has 0 radical (unpaired) electrons. The quantitative estimate of drug-likeness (QED) is 0.773. The lowest BCUT2D eigenvalue weighted by molar-refractivity contribution is 0.694. The van der Waals surface area contributed by atoms with E-state index in [2.05, 4.69) is 34.6 Å². The van der Waals surface area contributed by atoms with Crippen LogP contribution in [-0.4, -0.2) is 16.2 Å². The fourth-order valence-corrected chi connectivity index (χ4v) is 2.21. The first kappa shape index (κ1) is 11.1. The van der Waals surface area contributed by atoms with Crippen molar-refractivity contribution in [2.45, 2.75) is 25.8 Å². The number of aromatic nitrogens is 2. The number of nitrogens with one attached hydrogen (secondary N) is 3. The van der Waals surface area contributed by atoms with Crippen LogP contribution in [0.4, 0.5) is 5.69 Å². The van der Waals surface area contributed by atoms with Crippen molar-refractivity contribution >= 4 is 5.69 Å². The molecule has 0 spiro atoms. The SMILES string of the molecule is CC(Nc1ccc(-c2cc(=O)[nH][nH]2)cc1)C1CC1. The van der Waals surface area contributed by atoms with E-state index in [1.807, 2.05) is 12.1 Å². The van der Waals surface area contributed by atoms with Crippen LogP contribution < -0.4 is 10.9 Å². The Kier molecular flexibility index (Phi) is 2.70. The van der Waals surface area contributed by atoms with E-state index >= 15 is 0 Å². The normalized spacial score (nSPS) is 16.5. The van der Waals surface area contributed by atoms with Gasteiger partial charge in [-0.25, -0.2) is 0 Å². The van der Waals surface area contributed by atoms with Gasteiger partial charge in [-0.3, -0.25) is 15.0 Å². The molecule has 0 saturated heterocycles. The average Bonchev–Trinajstić information content (AvgIpc) is 3.13. The molecule has 1 atom stereocenters. The third kappa shape index (κ3) is 2.32. The van der Waals surface area contributed by atoms with Gasteiger partial charge in [0, 0.05) is 17.8 Å². The maximum atomic E-state index is 11.1. The highest BCUT2D eigenvalue weighted by Gasteiger charge is 2.27. The van der Waals surface area contributed by atoms with Crippen LogP contribution in [0.2, 0.25) is 0 Å². The second-order valence-corrected chi connectivity index (χ2v) is 5.02. The van der Waals surface area contributed by atoms with E-state index in [-0.39, 0.29) is 5.56 Å². The number of aromatic amines is 2. The molecule has 2 aromatic rings. The van der Waals surface area contributed by atoms with Crippen LogP contribution in [0, 0.1) is 5.92 Å². The Balaban J connectivity index is 1.74. The molecule has 1 saturated carbocycles. The molecule has 1 aliphatic carbocycles. The third-order valence-electron chi connectivity index (χ3n) is 3.52. The van der Waals surface area contributed by atoms with E-state index in [1.54, 1.807) is 6.07 Å². The van der Waals surface area contributed by atoms with Gasteiger partial charge in [-0.1, -0.05) is 12.1 Å². The van der Waals surface area contributed by atoms with Crippen molar-refractivity contribution in [2.75, 3.05) is 5.32 Å². The van der Waals surface area contributed by atoms with Crippen LogP contribution in [0.15, 0.2) is 35.1 Å². The van der Waals surface area contributed by atoms with Gasteiger partial charge < -0.3 is 5.32 Å². The van der Waals surface area contributed by atoms with Gasteiger partial charge in [0.05, 0.1) is 5.69 Å². The van der Waals surface area contributed by atoms with Crippen LogP contribution in [0.25, 0.3) is 11.3 Å². The molecule has 4 heteroatoms. The molecule has 4 nitrogen and oxygen atoms in total. The van der Waals surface area contributed by atoms with E-state index in [1.165, 1.54) is 12.8 Å². The van der Waals surface area contributed by atoms with Crippen LogP contribution in [0.3, 0.4) is 0 Å². The molecule has 1 unspecified atom stereocenters. The predicted octanol–water partition coefficient (Wildman–Crippen LogP) is 2.58. The largest absolute Gasteiger partial charge is 0.382 e. The highest BCUT2D eigenvalue weighted by molar-refractivity contribution is 5.62. The summed E-state index contributed by atoms with van der Waals surface area (Å²) in [6, 6.07) is 10.2. The molecule has 0 amide bonds. The highest BCUT2D eigenvalue weighted by atomic mass is 16.1. The lowest BCUT2D eigenvalue weighted by atomic mass is 10.1. The second kappa shape index (κ2) is 4.37. The van der Waals surface area contributed by atoms with Crippen LogP contribution in [-0.2, 0) is 0 Å². The minimum Gasteiger partial charge on any atom is -0.382 e. The number of benzene rings is 1. The molecule has 1 fully saturated rings. The van der Waals surface area contributed by atoms with Crippen molar-refractivity contribution in [2.24, 2.45) is 5.92 Å². The minimum atomic E-state index is -0.102. The molecule has 3 rings (SSSR count). The molecule has 1 aromatic heterocycles. The Morgan fingerprint density at radius 1 is 1.22 bits per heavy atom. The summed E-state index contributed by atoms with van der Waals surface area (Å²) in [6.07, 6.45) is 2.69. The summed E-state index contributed by atoms with van der Waals surface area (Å²) >= 11 is 0. The van der Waals surface area contributed by atoms with Gasteiger partial charge in [-0.2, -0.15) is 0 Å². The highest BCUT2D eigenvalue weighted by Crippen LogP contribution is 2.34. The smallest absolute Gasteiger partial charge is 0.264 e. The van der Waals surface area contributed by atoms with Gasteiger partial charge in [0.2, 0.25) is 0 Å². The van der Waals surface area contributed by atoms with Gasteiger partial charge in [0.15, 0.2) is 0 Å². The molecule has 94 valence electrons. The molecule has 1 heterocycles. The van der Waals surface area contributed by atoms with Gasteiger partial charge in [0.1, 0.15) is 0 Å². The maximum Gasteiger partial charge on any atom is 0.264 e. The van der Waals surface area contributed by atoms with Gasteiger partial charge in [-0.15, -0.1) is 0 Å². The van der Waals surface area contributed by atoms with Crippen molar-refractivity contribution in [1.29, 1.82) is 0 Å². The van der Waals surface area contributed by atoms with Crippen LogP contribution in [0.1, 0.15) is 19.8 Å². The lowest BCUT2D eigenvalue weighted by Crippen LogP contribution is -2.16. The molecule has 1 aromatic carbocycles. The maximum absolute atomic E-state index is 11.1. The zero-order chi connectivity index (χ0) is 12.5. The Bertz CT molecular complexity index is 578. The molecule has 3 N–H and O–H groups in total. The Morgan fingerprint density at radius 3 is 2.50 bits per heavy atom. The van der Waals surface area contributed by atoms with E-state index in [0.717, 1.165) is 22.9 Å². The van der Waals surface area contributed by atoms with Gasteiger partial charge in [-0.05, 0) is 43.4 Å². The first-order valence-electron chi connectivity index (χ1n) is 6.37. The van der Waals surface area contributed by atoms with Crippen LogP contribution in [0.5, 0.6) is 0 Å². The van der Waals surface area contributed by atoms with Gasteiger partial charge in [0.25, 0.3) is 5.56 Å². The Labute approximate surface area is 105 Å². The fourth-order valence-electron chi connectivity index (χ4n) is 2.21. The Hall–Kier alpha value is -1.97. The van der Waals surface area contributed by atoms with Gasteiger partial charge >= 0.3 is 0 Å². The molecular formula is C14H17N3O. The fraction of sp³-hybridized carbons (Fsp3) is 0.357. The standard InChI is InChI=1S/C14H17N3O/c1-9(10-2-3-10)15-12-6-4-11(5-7-12)13-8-14(18)17-16-13/h4-10,15H,2-3H2,1H3,(H2,16,17,18). The molecule has 18 heavy (non-hydrogen) atoms. The third-order valence-corrected chi connectivity index (χ3v) is 3.52. The number of anilines is 1. The molecule has 0 aliphatic heterocycles. The minimum absolute atomic E-state index is 0.102. The predicted molar refractivity (Wildman–Crippen MR) is 72.7 cm³/mol. The lowest BCUT2D eigenvalue weighted by Gasteiger charge is -2.14. The van der Waals surface area contributed by atoms with E-state index in [0.29, 0.717) is 6.04 Å². The first-order chi connectivity index (χ1) is 8.72. The number of hydrogen-bond donors (Lipinski definition) is 3. The number of hydrogen-bond acceptors (Lipinski definition) is 2. The Morgan fingerprint density at radius 2 is 1.94 bits per heavy atom. The van der Waals surface area contributed by atoms with E-state index in [4.69, 9.17) is 0 Å². The summed E-state index contributed by atoms with van der Waals surface area (Å²) in [5.74, 6) is 0.839. The van der Waals surface area contributed by atoms with Crippen molar-refractivity contribution in [3.63, 3.8) is 0 Å². The van der Waals surface area contributed by atoms with Crippen molar-refractivity contribution in [1.82, 2.24) is 10.2 Å². The summed E-state index contributed by atoms with van der Waals surface area (Å²) in [4.78, 5) is 11.1. The first-order valence-corrected chi connectivity index (χ1v) is 6.37. The monoisotopic (exact) mass is 243 g/mol. The molecular weight excluding hydrogens is 226 g/mol. The summed E-state index contributed by atoms with van der Waals surface area (Å²) in [7, 11) is 0. The van der Waals surface area contributed by atoms with Crippen molar-refractivity contribution in [3.8, 4) is 11.3 Å². The average molecular weight is 243 g/mol. The van der Waals surface area contributed by atoms with E-state index < -0.39 is 0 Å². The van der Waals surface area contributed by atoms with Crippen LogP contribution >= 0.6 is 0 Å². The number of H-pyrrole nitrogens is 2. The zero-order valence-electron chi connectivity index (χ0n) is 10.4.